The van der Waals surface area contributed by atoms with Crippen LogP contribution in [0.2, 0.25) is 0 Å². The number of hydrogen-bond acceptors (Lipinski definition) is 2. The molecule has 1 atom stereocenters. The first-order valence-corrected chi connectivity index (χ1v) is 4.29. The van der Waals surface area contributed by atoms with Crippen LogP contribution in [0.15, 0.2) is 23.1 Å². The van der Waals surface area contributed by atoms with E-state index in [0.29, 0.717) is 6.61 Å². The van der Waals surface area contributed by atoms with E-state index in [1.54, 1.807) is 12.3 Å². The van der Waals surface area contributed by atoms with Crippen molar-refractivity contribution in [2.24, 2.45) is 0 Å². The predicted molar refractivity (Wildman–Crippen MR) is 52.9 cm³/mol. The molecule has 1 aromatic rings. The summed E-state index contributed by atoms with van der Waals surface area (Å²) < 4.78 is 4.76. The number of H-pyrrole nitrogens is 1. The Labute approximate surface area is 74.4 Å². The van der Waals surface area contributed by atoms with E-state index in [1.807, 2.05) is 13.8 Å². The van der Waals surface area contributed by atoms with Crippen LogP contribution in [-0.4, -0.2) is 4.98 Å². The van der Waals surface area contributed by atoms with Crippen molar-refractivity contribution in [1.29, 1.82) is 0 Å². The zero-order chi connectivity index (χ0) is 9.40. The van der Waals surface area contributed by atoms with Gasteiger partial charge in [0.2, 0.25) is 5.56 Å². The average Bonchev–Trinajstić information content (AvgIpc) is 2.13. The minimum absolute atomic E-state index is 0.0903. The Morgan fingerprint density at radius 3 is 2.58 bits per heavy atom. The summed E-state index contributed by atoms with van der Waals surface area (Å²) in [5.74, 6) is 0. The Bertz CT molecular complexity index is 239. The minimum atomic E-state index is -0.0903. The number of aromatic nitrogens is 1. The highest BCUT2D eigenvalue weighted by molar-refractivity contribution is 7.09. The van der Waals surface area contributed by atoms with Crippen molar-refractivity contribution >= 4 is 9.47 Å². The van der Waals surface area contributed by atoms with Gasteiger partial charge in [-0.15, -0.1) is 0 Å². The third kappa shape index (κ3) is 4.27. The van der Waals surface area contributed by atoms with Crippen molar-refractivity contribution in [3.63, 3.8) is 0 Å². The summed E-state index contributed by atoms with van der Waals surface area (Å²) in [4.78, 5) is 13.1. The van der Waals surface area contributed by atoms with Gasteiger partial charge in [-0.05, 0) is 11.6 Å². The summed E-state index contributed by atoms with van der Waals surface area (Å²) in [6.45, 7) is 4.50. The van der Waals surface area contributed by atoms with Gasteiger partial charge in [0.15, 0.2) is 0 Å². The molecule has 1 aromatic heterocycles. The summed E-state index contributed by atoms with van der Waals surface area (Å²) in [5, 5.41) is 0. The fourth-order valence-corrected chi connectivity index (χ4v) is 0.821. The van der Waals surface area contributed by atoms with Crippen LogP contribution in [0.1, 0.15) is 19.4 Å². The van der Waals surface area contributed by atoms with Crippen LogP contribution in [-0.2, 0) is 11.1 Å². The number of aromatic amines is 1. The highest BCUT2D eigenvalue weighted by Crippen LogP contribution is 1.98. The van der Waals surface area contributed by atoms with Crippen molar-refractivity contribution in [2.75, 3.05) is 0 Å². The Morgan fingerprint density at radius 1 is 1.50 bits per heavy atom. The van der Waals surface area contributed by atoms with Crippen molar-refractivity contribution in [3.8, 4) is 0 Å². The van der Waals surface area contributed by atoms with Gasteiger partial charge in [0.25, 0.3) is 0 Å². The molecule has 0 aliphatic heterocycles. The second-order valence-electron chi connectivity index (χ2n) is 1.87. The Kier molecular flexibility index (Phi) is 6.63. The molecule has 1 rings (SSSR count). The van der Waals surface area contributed by atoms with Crippen LogP contribution in [0, 0.1) is 0 Å². The summed E-state index contributed by atoms with van der Waals surface area (Å²) in [7, 11) is 2.15. The lowest BCUT2D eigenvalue weighted by molar-refractivity contribution is 0.361. The second kappa shape index (κ2) is 7.01. The van der Waals surface area contributed by atoms with Gasteiger partial charge in [0.05, 0.1) is 6.61 Å². The third-order valence-corrected chi connectivity index (χ3v) is 1.27. The van der Waals surface area contributed by atoms with E-state index in [2.05, 4.69) is 14.5 Å². The molecule has 1 unspecified atom stereocenters. The standard InChI is InChI=1S/C6H8NO2P.C2H6/c8-6-2-1-5(3-7-6)4-9-10;1-2/h1-3H,4,10H2,(H,7,8);1-2H3. The number of rotatable bonds is 2. The molecule has 0 amide bonds. The van der Waals surface area contributed by atoms with Crippen LogP contribution < -0.4 is 5.56 Å². The number of pyridine rings is 1. The van der Waals surface area contributed by atoms with Crippen molar-refractivity contribution in [3.05, 3.63) is 34.2 Å². The van der Waals surface area contributed by atoms with E-state index >= 15 is 0 Å². The van der Waals surface area contributed by atoms with E-state index < -0.39 is 0 Å². The molecular weight excluding hydrogens is 173 g/mol. The number of nitrogens with one attached hydrogen (secondary N) is 1. The second-order valence-corrected chi connectivity index (χ2v) is 2.21. The molecule has 0 radical (unpaired) electrons. The maximum Gasteiger partial charge on any atom is 0.247 e. The lowest BCUT2D eigenvalue weighted by atomic mass is 10.3. The predicted octanol–water partition coefficient (Wildman–Crippen LogP) is 1.71. The van der Waals surface area contributed by atoms with Gasteiger partial charge in [-0.25, -0.2) is 0 Å². The van der Waals surface area contributed by atoms with Crippen molar-refractivity contribution < 1.29 is 4.52 Å². The first-order chi connectivity index (χ1) is 5.83. The highest BCUT2D eigenvalue weighted by atomic mass is 31.0. The zero-order valence-corrected chi connectivity index (χ0v) is 8.49. The van der Waals surface area contributed by atoms with Crippen LogP contribution in [0.5, 0.6) is 0 Å². The molecule has 3 nitrogen and oxygen atoms in total. The molecule has 4 heteroatoms. The molecule has 68 valence electrons. The van der Waals surface area contributed by atoms with E-state index in [0.717, 1.165) is 5.56 Å². The van der Waals surface area contributed by atoms with Crippen LogP contribution >= 0.6 is 9.47 Å². The maximum atomic E-state index is 10.5. The van der Waals surface area contributed by atoms with E-state index in [-0.39, 0.29) is 5.56 Å². The molecule has 0 saturated carbocycles. The summed E-state index contributed by atoms with van der Waals surface area (Å²) in [6.07, 6.45) is 1.63. The van der Waals surface area contributed by atoms with Crippen LogP contribution in [0.3, 0.4) is 0 Å². The molecule has 1 N–H and O–H groups in total. The molecule has 12 heavy (non-hydrogen) atoms. The summed E-state index contributed by atoms with van der Waals surface area (Å²) >= 11 is 0. The summed E-state index contributed by atoms with van der Waals surface area (Å²) in [6, 6.07) is 3.20. The molecule has 0 aliphatic carbocycles. The SMILES string of the molecule is CC.O=c1ccc(COP)c[nH]1. The Balaban J connectivity index is 0.000000561. The van der Waals surface area contributed by atoms with Gasteiger partial charge < -0.3 is 9.51 Å². The molecule has 0 spiro atoms. The van der Waals surface area contributed by atoms with E-state index in [4.69, 9.17) is 4.52 Å². The quantitative estimate of drug-likeness (QED) is 0.716. The lowest BCUT2D eigenvalue weighted by Gasteiger charge is -1.95. The topological polar surface area (TPSA) is 42.1 Å². The van der Waals surface area contributed by atoms with Gasteiger partial charge in [-0.3, -0.25) is 4.79 Å². The van der Waals surface area contributed by atoms with Gasteiger partial charge in [0, 0.05) is 21.7 Å². The molecule has 0 bridgehead atoms. The molecule has 0 aromatic carbocycles. The Hall–Kier alpha value is -0.660. The number of hydrogen-bond donors (Lipinski definition) is 1. The van der Waals surface area contributed by atoms with Gasteiger partial charge in [-0.1, -0.05) is 13.8 Å². The smallest absolute Gasteiger partial charge is 0.247 e. The van der Waals surface area contributed by atoms with Gasteiger partial charge >= 0.3 is 0 Å². The normalized spacial score (nSPS) is 8.58. The first kappa shape index (κ1) is 11.3. The summed E-state index contributed by atoms with van der Waals surface area (Å²) in [5.41, 5.74) is 0.863. The first-order valence-electron chi connectivity index (χ1n) is 3.82. The Morgan fingerprint density at radius 2 is 2.17 bits per heavy atom. The van der Waals surface area contributed by atoms with Crippen molar-refractivity contribution in [2.45, 2.75) is 20.5 Å². The zero-order valence-electron chi connectivity index (χ0n) is 7.33. The fraction of sp³-hybridized carbons (Fsp3) is 0.375. The van der Waals surface area contributed by atoms with Gasteiger partial charge in [0.1, 0.15) is 0 Å². The molecule has 0 aliphatic rings. The van der Waals surface area contributed by atoms with E-state index in [1.165, 1.54) is 6.07 Å². The van der Waals surface area contributed by atoms with Gasteiger partial charge in [-0.2, -0.15) is 0 Å². The molecular formula is C8H14NO2P. The van der Waals surface area contributed by atoms with E-state index in [9.17, 15) is 4.79 Å². The largest absolute Gasteiger partial charge is 0.361 e. The monoisotopic (exact) mass is 187 g/mol. The lowest BCUT2D eigenvalue weighted by Crippen LogP contribution is -2.02. The maximum absolute atomic E-state index is 10.5. The van der Waals surface area contributed by atoms with Crippen LogP contribution in [0.25, 0.3) is 0 Å². The minimum Gasteiger partial charge on any atom is -0.361 e. The van der Waals surface area contributed by atoms with Crippen LogP contribution in [0.4, 0.5) is 0 Å². The third-order valence-electron chi connectivity index (χ3n) is 1.10. The average molecular weight is 187 g/mol. The van der Waals surface area contributed by atoms with Crippen molar-refractivity contribution in [1.82, 2.24) is 4.98 Å². The fourth-order valence-electron chi connectivity index (χ4n) is 0.629. The molecule has 1 heterocycles. The highest BCUT2D eigenvalue weighted by Gasteiger charge is 1.88. The molecule has 0 fully saturated rings. The molecule has 0 saturated heterocycles.